The van der Waals surface area contributed by atoms with Crippen molar-refractivity contribution in [3.05, 3.63) is 70.9 Å². The van der Waals surface area contributed by atoms with Gasteiger partial charge < -0.3 is 19.5 Å². The van der Waals surface area contributed by atoms with Crippen LogP contribution >= 0.6 is 0 Å². The Bertz CT molecular complexity index is 1110. The van der Waals surface area contributed by atoms with E-state index >= 15 is 0 Å². The molecule has 172 valence electrons. The predicted molar refractivity (Wildman–Crippen MR) is 121 cm³/mol. The Morgan fingerprint density at radius 1 is 0.970 bits per heavy atom. The number of benzene rings is 2. The summed E-state index contributed by atoms with van der Waals surface area (Å²) >= 11 is 0. The molecule has 0 radical (unpaired) electrons. The minimum Gasteiger partial charge on any atom is -0.493 e. The van der Waals surface area contributed by atoms with Crippen LogP contribution in [0.2, 0.25) is 0 Å². The highest BCUT2D eigenvalue weighted by atomic mass is 16.5. The number of allylic oxidation sites excluding steroid dienone is 2. The molecule has 0 bridgehead atoms. The molecule has 0 fully saturated rings. The molecular weight excluding hydrogens is 422 g/mol. The summed E-state index contributed by atoms with van der Waals surface area (Å²) in [7, 11) is 3.08. The third-order valence-corrected chi connectivity index (χ3v) is 6.31. The van der Waals surface area contributed by atoms with Crippen LogP contribution in [-0.2, 0) is 19.1 Å². The second kappa shape index (κ2) is 9.48. The van der Waals surface area contributed by atoms with E-state index in [9.17, 15) is 14.4 Å². The summed E-state index contributed by atoms with van der Waals surface area (Å²) in [6.07, 6.45) is 0.468. The van der Waals surface area contributed by atoms with E-state index in [1.807, 2.05) is 36.4 Å². The Kier molecular flexibility index (Phi) is 6.49. The molecule has 1 N–H and O–H groups in total. The molecule has 3 atom stereocenters. The van der Waals surface area contributed by atoms with Crippen LogP contribution in [0.1, 0.15) is 42.7 Å². The topological polar surface area (TPSA) is 90.9 Å². The molecule has 0 aromatic heterocycles. The molecule has 0 saturated heterocycles. The monoisotopic (exact) mass is 449 g/mol. The van der Waals surface area contributed by atoms with E-state index in [1.54, 1.807) is 26.2 Å². The summed E-state index contributed by atoms with van der Waals surface area (Å²) < 4.78 is 16.1. The lowest BCUT2D eigenvalue weighted by atomic mass is 9.68. The highest BCUT2D eigenvalue weighted by molar-refractivity contribution is 6.12. The maximum Gasteiger partial charge on any atom is 0.317 e. The second-order valence-electron chi connectivity index (χ2n) is 8.13. The number of Topliss-reactive ketones (excluding diaryl/α,β-unsaturated/α-hetero) is 1. The van der Waals surface area contributed by atoms with Crippen molar-refractivity contribution in [2.45, 2.75) is 31.6 Å². The number of methoxy groups -OCH3 is 2. The van der Waals surface area contributed by atoms with Crippen molar-refractivity contribution < 1.29 is 28.6 Å². The number of hydrogen-bond acceptors (Lipinski definition) is 6. The van der Waals surface area contributed by atoms with Gasteiger partial charge >= 0.3 is 5.97 Å². The first-order chi connectivity index (χ1) is 16.0. The fourth-order valence-corrected chi connectivity index (χ4v) is 4.82. The van der Waals surface area contributed by atoms with Crippen molar-refractivity contribution in [1.29, 1.82) is 0 Å². The Labute approximate surface area is 192 Å². The number of ether oxygens (including phenoxy) is 3. The van der Waals surface area contributed by atoms with E-state index < -0.39 is 23.7 Å². The van der Waals surface area contributed by atoms with Crippen molar-refractivity contribution >= 4 is 17.7 Å². The Morgan fingerprint density at radius 3 is 2.36 bits per heavy atom. The highest BCUT2D eigenvalue weighted by Crippen LogP contribution is 2.46. The van der Waals surface area contributed by atoms with Crippen LogP contribution in [0.25, 0.3) is 0 Å². The largest absolute Gasteiger partial charge is 0.493 e. The van der Waals surface area contributed by atoms with Gasteiger partial charge in [-0.05, 0) is 36.6 Å². The van der Waals surface area contributed by atoms with Gasteiger partial charge in [-0.2, -0.15) is 0 Å². The van der Waals surface area contributed by atoms with E-state index in [1.165, 1.54) is 7.11 Å². The van der Waals surface area contributed by atoms with Gasteiger partial charge in [0.05, 0.1) is 20.8 Å². The Morgan fingerprint density at radius 2 is 1.70 bits per heavy atom. The minimum atomic E-state index is -0.969. The van der Waals surface area contributed by atoms with E-state index in [2.05, 4.69) is 5.32 Å². The maximum atomic E-state index is 13.9. The minimum absolute atomic E-state index is 0.103. The summed E-state index contributed by atoms with van der Waals surface area (Å²) in [5, 5.41) is 2.90. The van der Waals surface area contributed by atoms with Crippen molar-refractivity contribution in [3.8, 4) is 11.5 Å². The van der Waals surface area contributed by atoms with E-state index in [4.69, 9.17) is 14.2 Å². The van der Waals surface area contributed by atoms with Gasteiger partial charge in [0.1, 0.15) is 5.92 Å². The van der Waals surface area contributed by atoms with Crippen LogP contribution < -0.4 is 14.8 Å². The van der Waals surface area contributed by atoms with E-state index in [-0.39, 0.29) is 24.7 Å². The molecule has 2 aliphatic rings. The molecule has 0 saturated carbocycles. The molecule has 2 aromatic rings. The molecule has 2 aromatic carbocycles. The first-order valence-corrected chi connectivity index (χ1v) is 11.0. The number of carbonyl (C=O) groups excluding carboxylic acids is 3. The van der Waals surface area contributed by atoms with Crippen LogP contribution in [0.5, 0.6) is 11.5 Å². The molecule has 1 heterocycles. The summed E-state index contributed by atoms with van der Waals surface area (Å²) in [5.41, 5.74) is 2.65. The van der Waals surface area contributed by atoms with Crippen molar-refractivity contribution in [3.63, 3.8) is 0 Å². The average molecular weight is 450 g/mol. The normalized spacial score (nSPS) is 22.3. The first-order valence-electron chi connectivity index (χ1n) is 11.0. The SMILES string of the molecule is CCOC(=O)[C@@H]1C(=O)C2=C(C[C@@H]1c1ccccc1)NC(=O)C[C@H]2c1ccc(OC)c(OC)c1. The van der Waals surface area contributed by atoms with Gasteiger partial charge in [0.25, 0.3) is 0 Å². The van der Waals surface area contributed by atoms with Gasteiger partial charge in [0.15, 0.2) is 17.3 Å². The lowest BCUT2D eigenvalue weighted by Gasteiger charge is -2.38. The quantitative estimate of drug-likeness (QED) is 0.536. The maximum absolute atomic E-state index is 13.9. The zero-order valence-electron chi connectivity index (χ0n) is 18.9. The second-order valence-corrected chi connectivity index (χ2v) is 8.13. The summed E-state index contributed by atoms with van der Waals surface area (Å²) in [5.74, 6) is -1.81. The molecule has 7 nitrogen and oxygen atoms in total. The number of carbonyl (C=O) groups is 3. The van der Waals surface area contributed by atoms with Gasteiger partial charge in [-0.25, -0.2) is 0 Å². The van der Waals surface area contributed by atoms with Gasteiger partial charge in [-0.15, -0.1) is 0 Å². The van der Waals surface area contributed by atoms with E-state index in [0.717, 1.165) is 11.1 Å². The lowest BCUT2D eigenvalue weighted by molar-refractivity contribution is -0.152. The van der Waals surface area contributed by atoms with Gasteiger partial charge in [-0.1, -0.05) is 36.4 Å². The molecule has 4 rings (SSSR count). The highest BCUT2D eigenvalue weighted by Gasteiger charge is 2.47. The molecular formula is C26H27NO6. The lowest BCUT2D eigenvalue weighted by Crippen LogP contribution is -2.44. The molecule has 33 heavy (non-hydrogen) atoms. The number of nitrogens with one attached hydrogen (secondary N) is 1. The van der Waals surface area contributed by atoms with Crippen LogP contribution in [-0.4, -0.2) is 38.5 Å². The zero-order valence-corrected chi connectivity index (χ0v) is 18.9. The van der Waals surface area contributed by atoms with Crippen LogP contribution in [0.4, 0.5) is 0 Å². The molecule has 0 spiro atoms. The predicted octanol–water partition coefficient (Wildman–Crippen LogP) is 3.50. The fraction of sp³-hybridized carbons (Fsp3) is 0.346. The smallest absolute Gasteiger partial charge is 0.317 e. The standard InChI is InChI=1S/C26H27NO6/c1-4-33-26(30)24-17(15-8-6-5-7-9-15)13-19-23(25(24)29)18(14-22(28)27-19)16-10-11-20(31-2)21(12-16)32-3/h5-12,17-18,24H,4,13-14H2,1-3H3,(H,27,28)/t17-,18+,24+/m1/s1. The van der Waals surface area contributed by atoms with Gasteiger partial charge in [-0.3, -0.25) is 14.4 Å². The number of hydrogen-bond donors (Lipinski definition) is 1. The number of amides is 1. The third-order valence-electron chi connectivity index (χ3n) is 6.31. The average Bonchev–Trinajstić information content (AvgIpc) is 2.83. The molecule has 1 aliphatic heterocycles. The van der Waals surface area contributed by atoms with Crippen molar-refractivity contribution in [2.75, 3.05) is 20.8 Å². The number of ketones is 1. The number of rotatable bonds is 6. The Hall–Kier alpha value is -3.61. The van der Waals surface area contributed by atoms with Crippen LogP contribution in [0.15, 0.2) is 59.8 Å². The summed E-state index contributed by atoms with van der Waals surface area (Å²) in [4.78, 5) is 39.5. The summed E-state index contributed by atoms with van der Waals surface area (Å²) in [6, 6.07) is 14.8. The van der Waals surface area contributed by atoms with Gasteiger partial charge in [0.2, 0.25) is 5.91 Å². The van der Waals surface area contributed by atoms with Crippen molar-refractivity contribution in [1.82, 2.24) is 5.32 Å². The van der Waals surface area contributed by atoms with Crippen LogP contribution in [0.3, 0.4) is 0 Å². The molecule has 7 heteroatoms. The van der Waals surface area contributed by atoms with Gasteiger partial charge in [0, 0.05) is 29.5 Å². The Balaban J connectivity index is 1.82. The zero-order chi connectivity index (χ0) is 23.5. The number of esters is 1. The first kappa shape index (κ1) is 22.6. The third kappa shape index (κ3) is 4.23. The fourth-order valence-electron chi connectivity index (χ4n) is 4.82. The molecule has 0 unspecified atom stereocenters. The van der Waals surface area contributed by atoms with Crippen molar-refractivity contribution in [2.24, 2.45) is 5.92 Å². The summed E-state index contributed by atoms with van der Waals surface area (Å²) in [6.45, 7) is 1.91. The van der Waals surface area contributed by atoms with Crippen LogP contribution in [0, 0.1) is 5.92 Å². The molecule has 1 aliphatic carbocycles. The molecule has 1 amide bonds. The van der Waals surface area contributed by atoms with E-state index in [0.29, 0.717) is 29.2 Å².